The first-order chi connectivity index (χ1) is 20.0. The lowest BCUT2D eigenvalue weighted by Crippen LogP contribution is -2.56. The molecular weight excluding hydrogens is 577 g/mol. The van der Waals surface area contributed by atoms with E-state index in [0.717, 1.165) is 31.5 Å². The molecule has 2 aromatic heterocycles. The minimum atomic E-state index is -4.52. The Morgan fingerprint density at radius 2 is 2.02 bits per heavy atom. The third-order valence-electron chi connectivity index (χ3n) is 7.29. The molecule has 0 radical (unpaired) electrons. The number of nitrogens with one attached hydrogen (secondary N) is 1. The topological polar surface area (TPSA) is 102 Å². The van der Waals surface area contributed by atoms with Gasteiger partial charge < -0.3 is 24.4 Å². The van der Waals surface area contributed by atoms with E-state index in [1.54, 1.807) is 11.0 Å². The summed E-state index contributed by atoms with van der Waals surface area (Å²) >= 11 is 6.56. The molecule has 42 heavy (non-hydrogen) atoms. The number of anilines is 3. The summed E-state index contributed by atoms with van der Waals surface area (Å²) in [4.78, 5) is 30.3. The normalized spacial score (nSPS) is 21.2. The highest BCUT2D eigenvalue weighted by Gasteiger charge is 2.39. The van der Waals surface area contributed by atoms with Crippen LogP contribution in [-0.4, -0.2) is 65.2 Å². The van der Waals surface area contributed by atoms with E-state index in [1.807, 2.05) is 13.8 Å². The van der Waals surface area contributed by atoms with E-state index in [9.17, 15) is 18.0 Å². The highest BCUT2D eigenvalue weighted by Crippen LogP contribution is 2.43. The molecule has 1 aromatic carbocycles. The van der Waals surface area contributed by atoms with Gasteiger partial charge in [-0.1, -0.05) is 23.7 Å². The van der Waals surface area contributed by atoms with Crippen LogP contribution >= 0.6 is 11.6 Å². The van der Waals surface area contributed by atoms with Gasteiger partial charge in [-0.15, -0.1) is 0 Å². The van der Waals surface area contributed by atoms with Crippen molar-refractivity contribution in [1.29, 1.82) is 0 Å². The number of pyridine rings is 1. The number of hydrogen-bond acceptors (Lipinski definition) is 8. The molecule has 0 aliphatic carbocycles. The van der Waals surface area contributed by atoms with E-state index in [2.05, 4.69) is 25.2 Å². The molecular formula is C28H28ClF3N6O4. The Morgan fingerprint density at radius 3 is 2.74 bits per heavy atom. The largest absolute Gasteiger partial charge is 0.461 e. The lowest BCUT2D eigenvalue weighted by atomic mass is 9.99. The van der Waals surface area contributed by atoms with Crippen molar-refractivity contribution in [3.63, 3.8) is 0 Å². The van der Waals surface area contributed by atoms with E-state index < -0.39 is 23.6 Å². The molecule has 10 nitrogen and oxygen atoms in total. The maximum Gasteiger partial charge on any atom is 0.416 e. The van der Waals surface area contributed by atoms with Gasteiger partial charge in [-0.25, -0.2) is 19.7 Å². The van der Waals surface area contributed by atoms with Gasteiger partial charge in [-0.05, 0) is 44.9 Å². The standard InChI is InChI=1S/C28H28ClF3N6O4/c1-27(2)41-15-20(42-27)14-40-25-33-11-18(12-34-25)35-26(39)38-19-7-4-8-37(13-19)22-10-21(29)23(36-24(22)38)16-5-3-6-17(9-16)28(30,31)32/h3,5-6,9-12,19-20H,4,7-8,13-15H2,1-2H3,(H,35,39)/t19-,20-/m0/s1. The van der Waals surface area contributed by atoms with Gasteiger partial charge in [-0.2, -0.15) is 13.2 Å². The first-order valence-electron chi connectivity index (χ1n) is 13.5. The summed E-state index contributed by atoms with van der Waals surface area (Å²) in [5.74, 6) is -0.345. The number of halogens is 4. The van der Waals surface area contributed by atoms with Crippen molar-refractivity contribution in [2.24, 2.45) is 0 Å². The molecule has 6 rings (SSSR count). The van der Waals surface area contributed by atoms with Crippen LogP contribution in [0.25, 0.3) is 11.3 Å². The van der Waals surface area contributed by atoms with Crippen molar-refractivity contribution in [3.05, 3.63) is 53.3 Å². The quantitative estimate of drug-likeness (QED) is 0.392. The van der Waals surface area contributed by atoms with Gasteiger partial charge in [-0.3, -0.25) is 4.90 Å². The van der Waals surface area contributed by atoms with Gasteiger partial charge in [0.2, 0.25) is 0 Å². The maximum atomic E-state index is 13.7. The second kappa shape index (κ2) is 10.9. The summed E-state index contributed by atoms with van der Waals surface area (Å²) in [5, 5.41) is 3.01. The number of rotatable bonds is 5. The van der Waals surface area contributed by atoms with E-state index in [0.29, 0.717) is 30.3 Å². The van der Waals surface area contributed by atoms with Gasteiger partial charge in [0.25, 0.3) is 0 Å². The number of hydrogen-bond donors (Lipinski definition) is 1. The van der Waals surface area contributed by atoms with Crippen LogP contribution < -0.4 is 19.9 Å². The molecule has 2 fully saturated rings. The second-order valence-electron chi connectivity index (χ2n) is 10.8. The van der Waals surface area contributed by atoms with E-state index in [4.69, 9.17) is 25.8 Å². The summed E-state index contributed by atoms with van der Waals surface area (Å²) < 4.78 is 57.0. The minimum absolute atomic E-state index is 0.120. The number of urea groups is 1. The molecule has 14 heteroatoms. The number of carbonyl (C=O) groups excluding carboxylic acids is 1. The summed E-state index contributed by atoms with van der Waals surface area (Å²) in [6.07, 6.45) is -0.333. The molecule has 3 aromatic rings. The number of carbonyl (C=O) groups is 1. The number of ether oxygens (including phenoxy) is 3. The summed E-state index contributed by atoms with van der Waals surface area (Å²) in [6, 6.07) is 5.92. The Balaban J connectivity index is 1.23. The van der Waals surface area contributed by atoms with Crippen molar-refractivity contribution >= 4 is 34.8 Å². The van der Waals surface area contributed by atoms with Crippen LogP contribution in [0.4, 0.5) is 35.2 Å². The maximum absolute atomic E-state index is 13.7. The fourth-order valence-corrected chi connectivity index (χ4v) is 5.65. The lowest BCUT2D eigenvalue weighted by molar-refractivity contribution is -0.141. The fourth-order valence-electron chi connectivity index (χ4n) is 5.40. The molecule has 5 heterocycles. The number of benzene rings is 1. The fraction of sp³-hybridized carbons (Fsp3) is 0.429. The third kappa shape index (κ3) is 5.81. The van der Waals surface area contributed by atoms with Crippen LogP contribution in [0.5, 0.6) is 6.01 Å². The van der Waals surface area contributed by atoms with Gasteiger partial charge >= 0.3 is 18.2 Å². The van der Waals surface area contributed by atoms with Gasteiger partial charge in [0.15, 0.2) is 11.6 Å². The predicted molar refractivity (Wildman–Crippen MR) is 149 cm³/mol. The molecule has 0 saturated carbocycles. The number of amides is 2. The van der Waals surface area contributed by atoms with Gasteiger partial charge in [0, 0.05) is 18.7 Å². The zero-order valence-electron chi connectivity index (χ0n) is 22.8. The van der Waals surface area contributed by atoms with Crippen molar-refractivity contribution in [2.75, 3.05) is 41.4 Å². The SMILES string of the molecule is CC1(C)OC[C@H](COc2ncc(NC(=O)N3c4nc(-c5cccc(C(F)(F)F)c5)c(Cl)cc4N4CCC[C@H]3C4)cn2)O1. The average molecular weight is 605 g/mol. The molecule has 3 aliphatic heterocycles. The van der Waals surface area contributed by atoms with Crippen LogP contribution in [-0.2, 0) is 15.7 Å². The Morgan fingerprint density at radius 1 is 1.24 bits per heavy atom. The number of fused-ring (bicyclic) bond motifs is 4. The van der Waals surface area contributed by atoms with Crippen LogP contribution in [0.15, 0.2) is 42.7 Å². The van der Waals surface area contributed by atoms with Crippen LogP contribution in [0.1, 0.15) is 32.3 Å². The second-order valence-corrected chi connectivity index (χ2v) is 11.2. The van der Waals surface area contributed by atoms with Crippen molar-refractivity contribution in [2.45, 2.75) is 50.8 Å². The Kier molecular flexibility index (Phi) is 7.36. The monoisotopic (exact) mass is 604 g/mol. The van der Waals surface area contributed by atoms with E-state index >= 15 is 0 Å². The van der Waals surface area contributed by atoms with Crippen LogP contribution in [0.2, 0.25) is 5.02 Å². The first kappa shape index (κ1) is 28.4. The van der Waals surface area contributed by atoms with Crippen molar-refractivity contribution in [1.82, 2.24) is 15.0 Å². The Bertz CT molecular complexity index is 1490. The molecule has 2 amide bonds. The molecule has 2 bridgehead atoms. The van der Waals surface area contributed by atoms with E-state index in [-0.39, 0.29) is 41.0 Å². The van der Waals surface area contributed by atoms with Crippen molar-refractivity contribution in [3.8, 4) is 17.3 Å². The predicted octanol–water partition coefficient (Wildman–Crippen LogP) is 5.76. The molecule has 1 N–H and O–H groups in total. The van der Waals surface area contributed by atoms with E-state index in [1.165, 1.54) is 24.5 Å². The molecule has 222 valence electrons. The molecule has 3 aliphatic rings. The van der Waals surface area contributed by atoms with Crippen LogP contribution in [0.3, 0.4) is 0 Å². The number of aromatic nitrogens is 3. The number of nitrogens with zero attached hydrogens (tertiary/aromatic N) is 5. The molecule has 2 saturated heterocycles. The van der Waals surface area contributed by atoms with Gasteiger partial charge in [0.1, 0.15) is 12.7 Å². The van der Waals surface area contributed by atoms with Crippen LogP contribution in [0, 0.1) is 0 Å². The zero-order chi connectivity index (χ0) is 29.6. The Labute approximate surface area is 244 Å². The summed E-state index contributed by atoms with van der Waals surface area (Å²) in [5.41, 5.74) is 0.520. The van der Waals surface area contributed by atoms with Crippen molar-refractivity contribution < 1.29 is 32.2 Å². The lowest BCUT2D eigenvalue weighted by Gasteiger charge is -2.46. The molecule has 2 atom stereocenters. The summed E-state index contributed by atoms with van der Waals surface area (Å²) in [7, 11) is 0. The number of alkyl halides is 3. The minimum Gasteiger partial charge on any atom is -0.461 e. The highest BCUT2D eigenvalue weighted by molar-refractivity contribution is 6.33. The number of piperidine rings is 1. The van der Waals surface area contributed by atoms with Gasteiger partial charge in [0.05, 0.1) is 52.7 Å². The molecule has 0 spiro atoms. The molecule has 0 unspecified atom stereocenters. The third-order valence-corrected chi connectivity index (χ3v) is 7.58. The zero-order valence-corrected chi connectivity index (χ0v) is 23.6. The summed E-state index contributed by atoms with van der Waals surface area (Å²) in [6.45, 7) is 5.58. The highest BCUT2D eigenvalue weighted by atomic mass is 35.5. The Hall–Kier alpha value is -3.68. The smallest absolute Gasteiger partial charge is 0.416 e. The first-order valence-corrected chi connectivity index (χ1v) is 13.8. The average Bonchev–Trinajstić information content (AvgIpc) is 3.31.